The molecule has 0 spiro atoms. The molecule has 0 saturated carbocycles. The maximum atomic E-state index is 10.8. The van der Waals surface area contributed by atoms with E-state index in [1.165, 1.54) is 4.80 Å². The Balaban J connectivity index is 2.25. The van der Waals surface area contributed by atoms with Gasteiger partial charge in [0, 0.05) is 5.41 Å². The lowest BCUT2D eigenvalue weighted by atomic mass is 9.81. The predicted octanol–water partition coefficient (Wildman–Crippen LogP) is 2.02. The fraction of sp³-hybridized carbons (Fsp3) is 0.308. The van der Waals surface area contributed by atoms with E-state index in [0.717, 1.165) is 11.3 Å². The van der Waals surface area contributed by atoms with E-state index in [4.69, 9.17) is 5.11 Å². The van der Waals surface area contributed by atoms with Gasteiger partial charge in [0.15, 0.2) is 0 Å². The Morgan fingerprint density at radius 1 is 1.22 bits per heavy atom. The van der Waals surface area contributed by atoms with Crippen LogP contribution in [0, 0.1) is 0 Å². The Kier molecular flexibility index (Phi) is 3.14. The average molecular weight is 245 g/mol. The second-order valence-corrected chi connectivity index (χ2v) is 4.82. The highest BCUT2D eigenvalue weighted by molar-refractivity contribution is 5.68. The molecule has 0 saturated heterocycles. The molecule has 1 heterocycles. The van der Waals surface area contributed by atoms with Crippen molar-refractivity contribution in [3.8, 4) is 5.69 Å². The number of hydrogen-bond donors (Lipinski definition) is 1. The third kappa shape index (κ3) is 2.56. The summed E-state index contributed by atoms with van der Waals surface area (Å²) >= 11 is 0. The van der Waals surface area contributed by atoms with Crippen LogP contribution in [0.2, 0.25) is 0 Å². The number of carbonyl (C=O) groups is 1. The average Bonchev–Trinajstić information content (AvgIpc) is 2.81. The quantitative estimate of drug-likeness (QED) is 0.894. The molecule has 1 aromatic heterocycles. The predicted molar refractivity (Wildman–Crippen MR) is 66.6 cm³/mol. The standard InChI is InChI=1S/C13H15N3O2/c1-13(2,9-12(17)18)10-3-5-11(6-4-10)16-14-7-8-15-16/h3-8H,9H2,1-2H3,(H,17,18). The molecule has 0 aliphatic rings. The Hall–Kier alpha value is -2.17. The van der Waals surface area contributed by atoms with Gasteiger partial charge in [-0.2, -0.15) is 15.0 Å². The second-order valence-electron chi connectivity index (χ2n) is 4.82. The number of aliphatic carboxylic acids is 1. The molecule has 0 aliphatic heterocycles. The van der Waals surface area contributed by atoms with Crippen LogP contribution in [0.15, 0.2) is 36.7 Å². The number of rotatable bonds is 4. The molecule has 5 nitrogen and oxygen atoms in total. The highest BCUT2D eigenvalue weighted by Crippen LogP contribution is 2.27. The summed E-state index contributed by atoms with van der Waals surface area (Å²) in [4.78, 5) is 12.3. The van der Waals surface area contributed by atoms with Gasteiger partial charge >= 0.3 is 5.97 Å². The van der Waals surface area contributed by atoms with Gasteiger partial charge in [-0.25, -0.2) is 0 Å². The first-order valence-corrected chi connectivity index (χ1v) is 5.68. The summed E-state index contributed by atoms with van der Waals surface area (Å²) in [5, 5.41) is 17.0. The molecule has 0 fully saturated rings. The molecule has 0 aliphatic carbocycles. The molecule has 0 atom stereocenters. The van der Waals surface area contributed by atoms with Crippen molar-refractivity contribution in [3.63, 3.8) is 0 Å². The molecule has 0 radical (unpaired) electrons. The Morgan fingerprint density at radius 3 is 2.28 bits per heavy atom. The molecule has 18 heavy (non-hydrogen) atoms. The van der Waals surface area contributed by atoms with Crippen LogP contribution in [0.25, 0.3) is 5.69 Å². The molecular formula is C13H15N3O2. The minimum Gasteiger partial charge on any atom is -0.481 e. The minimum atomic E-state index is -0.794. The van der Waals surface area contributed by atoms with Gasteiger partial charge in [-0.3, -0.25) is 4.79 Å². The Labute approximate surface area is 105 Å². The number of carboxylic acid groups (broad SMARTS) is 1. The van der Waals surface area contributed by atoms with Crippen LogP contribution in [0.1, 0.15) is 25.8 Å². The first-order chi connectivity index (χ1) is 8.49. The number of benzene rings is 1. The third-order valence-corrected chi connectivity index (χ3v) is 2.89. The van der Waals surface area contributed by atoms with Crippen molar-refractivity contribution in [2.45, 2.75) is 25.7 Å². The number of nitrogens with zero attached hydrogens (tertiary/aromatic N) is 3. The monoisotopic (exact) mass is 245 g/mol. The Morgan fingerprint density at radius 2 is 1.78 bits per heavy atom. The van der Waals surface area contributed by atoms with Crippen molar-refractivity contribution in [2.24, 2.45) is 0 Å². The van der Waals surface area contributed by atoms with E-state index in [1.807, 2.05) is 38.1 Å². The van der Waals surface area contributed by atoms with Crippen LogP contribution in [0.3, 0.4) is 0 Å². The van der Waals surface area contributed by atoms with E-state index in [-0.39, 0.29) is 11.8 Å². The molecule has 0 unspecified atom stereocenters. The van der Waals surface area contributed by atoms with Crippen LogP contribution in [-0.4, -0.2) is 26.1 Å². The lowest BCUT2D eigenvalue weighted by Gasteiger charge is -2.23. The summed E-state index contributed by atoms with van der Waals surface area (Å²) in [6.07, 6.45) is 3.33. The molecule has 2 rings (SSSR count). The highest BCUT2D eigenvalue weighted by atomic mass is 16.4. The Bertz CT molecular complexity index is 530. The van der Waals surface area contributed by atoms with Gasteiger partial charge in [-0.15, -0.1) is 0 Å². The highest BCUT2D eigenvalue weighted by Gasteiger charge is 2.23. The van der Waals surface area contributed by atoms with Crippen molar-refractivity contribution in [1.82, 2.24) is 15.0 Å². The molecule has 0 bridgehead atoms. The van der Waals surface area contributed by atoms with Crippen molar-refractivity contribution in [3.05, 3.63) is 42.2 Å². The first kappa shape index (κ1) is 12.3. The summed E-state index contributed by atoms with van der Waals surface area (Å²) in [6.45, 7) is 3.84. The fourth-order valence-corrected chi connectivity index (χ4v) is 1.88. The van der Waals surface area contributed by atoms with Crippen LogP contribution < -0.4 is 0 Å². The van der Waals surface area contributed by atoms with E-state index in [1.54, 1.807) is 12.4 Å². The maximum absolute atomic E-state index is 10.8. The molecule has 1 N–H and O–H groups in total. The summed E-state index contributed by atoms with van der Waals surface area (Å²) < 4.78 is 0. The van der Waals surface area contributed by atoms with Crippen molar-refractivity contribution >= 4 is 5.97 Å². The zero-order chi connectivity index (χ0) is 13.2. The van der Waals surface area contributed by atoms with Gasteiger partial charge in [-0.1, -0.05) is 26.0 Å². The van der Waals surface area contributed by atoms with Gasteiger partial charge in [0.05, 0.1) is 24.5 Å². The summed E-state index contributed by atoms with van der Waals surface area (Å²) in [6, 6.07) is 7.61. The van der Waals surface area contributed by atoms with Gasteiger partial charge in [0.25, 0.3) is 0 Å². The van der Waals surface area contributed by atoms with Crippen molar-refractivity contribution in [1.29, 1.82) is 0 Å². The van der Waals surface area contributed by atoms with Crippen LogP contribution in [0.4, 0.5) is 0 Å². The lowest BCUT2D eigenvalue weighted by Crippen LogP contribution is -2.21. The second kappa shape index (κ2) is 4.60. The van der Waals surface area contributed by atoms with Gasteiger partial charge in [0.2, 0.25) is 0 Å². The van der Waals surface area contributed by atoms with E-state index >= 15 is 0 Å². The largest absolute Gasteiger partial charge is 0.481 e. The number of aromatic nitrogens is 3. The molecule has 5 heteroatoms. The zero-order valence-electron chi connectivity index (χ0n) is 10.4. The third-order valence-electron chi connectivity index (χ3n) is 2.89. The topological polar surface area (TPSA) is 68.0 Å². The van der Waals surface area contributed by atoms with Crippen LogP contribution >= 0.6 is 0 Å². The van der Waals surface area contributed by atoms with Crippen molar-refractivity contribution < 1.29 is 9.90 Å². The normalized spacial score (nSPS) is 11.4. The summed E-state index contributed by atoms with van der Waals surface area (Å²) in [7, 11) is 0. The molecule has 94 valence electrons. The van der Waals surface area contributed by atoms with Crippen LogP contribution in [0.5, 0.6) is 0 Å². The summed E-state index contributed by atoms with van der Waals surface area (Å²) in [5.74, 6) is -0.794. The van der Waals surface area contributed by atoms with E-state index in [0.29, 0.717) is 0 Å². The smallest absolute Gasteiger partial charge is 0.304 e. The van der Waals surface area contributed by atoms with E-state index < -0.39 is 5.97 Å². The molecule has 0 amide bonds. The maximum Gasteiger partial charge on any atom is 0.304 e. The van der Waals surface area contributed by atoms with Gasteiger partial charge < -0.3 is 5.11 Å². The van der Waals surface area contributed by atoms with E-state index in [2.05, 4.69) is 10.2 Å². The van der Waals surface area contributed by atoms with Crippen molar-refractivity contribution in [2.75, 3.05) is 0 Å². The van der Waals surface area contributed by atoms with Gasteiger partial charge in [0.1, 0.15) is 0 Å². The van der Waals surface area contributed by atoms with Gasteiger partial charge in [-0.05, 0) is 17.7 Å². The SMILES string of the molecule is CC(C)(CC(=O)O)c1ccc(-n2nccn2)cc1. The summed E-state index contributed by atoms with van der Waals surface area (Å²) in [5.41, 5.74) is 1.46. The zero-order valence-corrected chi connectivity index (χ0v) is 10.4. The molecule has 2 aromatic rings. The first-order valence-electron chi connectivity index (χ1n) is 5.68. The van der Waals surface area contributed by atoms with Crippen LogP contribution in [-0.2, 0) is 10.2 Å². The minimum absolute atomic E-state index is 0.104. The number of carboxylic acids is 1. The molecule has 1 aromatic carbocycles. The number of hydrogen-bond acceptors (Lipinski definition) is 3. The lowest BCUT2D eigenvalue weighted by molar-refractivity contribution is -0.138. The fourth-order valence-electron chi connectivity index (χ4n) is 1.88. The van der Waals surface area contributed by atoms with E-state index in [9.17, 15) is 4.79 Å². The molecular weight excluding hydrogens is 230 g/mol.